The molecule has 19 heavy (non-hydrogen) atoms. The van der Waals surface area contributed by atoms with E-state index in [2.05, 4.69) is 31.4 Å². The first-order chi connectivity index (χ1) is 8.90. The monoisotopic (exact) mass is 270 g/mol. The number of carbonyl (C=O) groups is 2. The van der Waals surface area contributed by atoms with Gasteiger partial charge in [-0.05, 0) is 30.7 Å². The fourth-order valence-corrected chi connectivity index (χ4v) is 2.69. The highest BCUT2D eigenvalue weighted by Gasteiger charge is 2.29. The number of hydrogen-bond donors (Lipinski definition) is 3. The first-order valence-electron chi connectivity index (χ1n) is 7.10. The summed E-state index contributed by atoms with van der Waals surface area (Å²) in [7, 11) is 0. The highest BCUT2D eigenvalue weighted by molar-refractivity contribution is 5.79. The second kappa shape index (κ2) is 7.48. The molecule has 1 aliphatic rings. The normalized spacial score (nSPS) is 24.4. The third-order valence-electron chi connectivity index (χ3n) is 3.69. The first kappa shape index (κ1) is 16.0. The zero-order valence-electron chi connectivity index (χ0n) is 12.1. The molecule has 5 nitrogen and oxygen atoms in total. The SMILES string of the molecule is CC(C)C[C@H](CNC(=O)C1CNCC1C)CC(=O)O. The molecule has 0 bridgehead atoms. The van der Waals surface area contributed by atoms with Crippen molar-refractivity contribution in [1.29, 1.82) is 0 Å². The molecule has 0 aliphatic carbocycles. The fraction of sp³-hybridized carbons (Fsp3) is 0.857. The van der Waals surface area contributed by atoms with Crippen molar-refractivity contribution in [1.82, 2.24) is 10.6 Å². The van der Waals surface area contributed by atoms with Gasteiger partial charge in [0.15, 0.2) is 0 Å². The van der Waals surface area contributed by atoms with Crippen LogP contribution < -0.4 is 10.6 Å². The van der Waals surface area contributed by atoms with Gasteiger partial charge in [-0.15, -0.1) is 0 Å². The minimum atomic E-state index is -0.796. The predicted molar refractivity (Wildman–Crippen MR) is 73.7 cm³/mol. The van der Waals surface area contributed by atoms with E-state index in [1.165, 1.54) is 0 Å². The Balaban J connectivity index is 2.41. The Bertz CT molecular complexity index is 318. The van der Waals surface area contributed by atoms with Gasteiger partial charge in [0.1, 0.15) is 0 Å². The maximum atomic E-state index is 12.0. The van der Waals surface area contributed by atoms with Gasteiger partial charge in [-0.2, -0.15) is 0 Å². The molecule has 1 heterocycles. The number of nitrogens with one attached hydrogen (secondary N) is 2. The van der Waals surface area contributed by atoms with Gasteiger partial charge in [-0.25, -0.2) is 0 Å². The van der Waals surface area contributed by atoms with Crippen LogP contribution in [0.3, 0.4) is 0 Å². The summed E-state index contributed by atoms with van der Waals surface area (Å²) in [6, 6.07) is 0. The van der Waals surface area contributed by atoms with Gasteiger partial charge in [-0.3, -0.25) is 9.59 Å². The van der Waals surface area contributed by atoms with Crippen LogP contribution in [-0.2, 0) is 9.59 Å². The summed E-state index contributed by atoms with van der Waals surface area (Å²) in [5, 5.41) is 15.0. The zero-order chi connectivity index (χ0) is 14.4. The van der Waals surface area contributed by atoms with Crippen LogP contribution in [0.2, 0.25) is 0 Å². The summed E-state index contributed by atoms with van der Waals surface area (Å²) in [6.07, 6.45) is 0.946. The topological polar surface area (TPSA) is 78.4 Å². The number of carboxylic acid groups (broad SMARTS) is 1. The standard InChI is InChI=1S/C14H26N2O3/c1-9(2)4-11(5-13(17)18)7-16-14(19)12-8-15-6-10(12)3/h9-12,15H,4-8H2,1-3H3,(H,16,19)(H,17,18)/t10?,11-,12?/m0/s1. The van der Waals surface area contributed by atoms with Crippen LogP contribution in [0.15, 0.2) is 0 Å². The Morgan fingerprint density at radius 3 is 2.53 bits per heavy atom. The van der Waals surface area contributed by atoms with Crippen molar-refractivity contribution in [2.45, 2.75) is 33.6 Å². The molecule has 2 unspecified atom stereocenters. The fourth-order valence-electron chi connectivity index (χ4n) is 2.69. The second-order valence-electron chi connectivity index (χ2n) is 6.08. The molecule has 3 atom stereocenters. The van der Waals surface area contributed by atoms with Gasteiger partial charge in [0.05, 0.1) is 5.92 Å². The Morgan fingerprint density at radius 1 is 1.37 bits per heavy atom. The molecule has 1 saturated heterocycles. The third-order valence-corrected chi connectivity index (χ3v) is 3.69. The van der Waals surface area contributed by atoms with Crippen LogP contribution in [0.25, 0.3) is 0 Å². The number of hydrogen-bond acceptors (Lipinski definition) is 3. The van der Waals surface area contributed by atoms with E-state index in [9.17, 15) is 9.59 Å². The lowest BCUT2D eigenvalue weighted by atomic mass is 9.93. The maximum absolute atomic E-state index is 12.0. The lowest BCUT2D eigenvalue weighted by Crippen LogP contribution is -2.37. The van der Waals surface area contributed by atoms with Gasteiger partial charge >= 0.3 is 5.97 Å². The van der Waals surface area contributed by atoms with Crippen molar-refractivity contribution < 1.29 is 14.7 Å². The van der Waals surface area contributed by atoms with E-state index >= 15 is 0 Å². The van der Waals surface area contributed by atoms with Gasteiger partial charge in [0.2, 0.25) is 5.91 Å². The Kier molecular flexibility index (Phi) is 6.28. The molecule has 3 N–H and O–H groups in total. The van der Waals surface area contributed by atoms with Crippen LogP contribution >= 0.6 is 0 Å². The molecule has 0 radical (unpaired) electrons. The molecule has 1 aliphatic heterocycles. The summed E-state index contributed by atoms with van der Waals surface area (Å²) in [4.78, 5) is 22.9. The van der Waals surface area contributed by atoms with Crippen molar-refractivity contribution in [2.75, 3.05) is 19.6 Å². The molecule has 5 heteroatoms. The van der Waals surface area contributed by atoms with Crippen molar-refractivity contribution >= 4 is 11.9 Å². The van der Waals surface area contributed by atoms with Crippen molar-refractivity contribution in [3.05, 3.63) is 0 Å². The van der Waals surface area contributed by atoms with Crippen LogP contribution in [0.4, 0.5) is 0 Å². The molecule has 1 rings (SSSR count). The molecule has 0 aromatic rings. The van der Waals surface area contributed by atoms with Gasteiger partial charge in [-0.1, -0.05) is 20.8 Å². The van der Waals surface area contributed by atoms with Crippen molar-refractivity contribution in [3.8, 4) is 0 Å². The van der Waals surface area contributed by atoms with E-state index in [1.54, 1.807) is 0 Å². The highest BCUT2D eigenvalue weighted by atomic mass is 16.4. The lowest BCUT2D eigenvalue weighted by Gasteiger charge is -2.20. The van der Waals surface area contributed by atoms with E-state index in [1.807, 2.05) is 0 Å². The molecular formula is C14H26N2O3. The van der Waals surface area contributed by atoms with Gasteiger partial charge < -0.3 is 15.7 Å². The zero-order valence-corrected chi connectivity index (χ0v) is 12.1. The number of amides is 1. The molecule has 1 amide bonds. The van der Waals surface area contributed by atoms with E-state index in [4.69, 9.17) is 5.11 Å². The van der Waals surface area contributed by atoms with Gasteiger partial charge in [0.25, 0.3) is 0 Å². The summed E-state index contributed by atoms with van der Waals surface area (Å²) in [5.41, 5.74) is 0. The molecule has 0 aromatic heterocycles. The van der Waals surface area contributed by atoms with Crippen LogP contribution in [0.1, 0.15) is 33.6 Å². The average molecular weight is 270 g/mol. The number of rotatable bonds is 7. The maximum Gasteiger partial charge on any atom is 0.303 e. The van der Waals surface area contributed by atoms with E-state index in [-0.39, 0.29) is 24.2 Å². The van der Waals surface area contributed by atoms with E-state index in [0.29, 0.717) is 18.4 Å². The number of carboxylic acids is 1. The minimum absolute atomic E-state index is 0.0181. The van der Waals surface area contributed by atoms with Crippen LogP contribution in [0.5, 0.6) is 0 Å². The quantitative estimate of drug-likeness (QED) is 0.647. The average Bonchev–Trinajstić information content (AvgIpc) is 2.70. The van der Waals surface area contributed by atoms with E-state index < -0.39 is 5.97 Å². The lowest BCUT2D eigenvalue weighted by molar-refractivity contribution is -0.138. The number of carbonyl (C=O) groups excluding carboxylic acids is 1. The molecule has 1 fully saturated rings. The minimum Gasteiger partial charge on any atom is -0.481 e. The Labute approximate surface area is 115 Å². The van der Waals surface area contributed by atoms with Crippen LogP contribution in [0, 0.1) is 23.7 Å². The summed E-state index contributed by atoms with van der Waals surface area (Å²) in [5.74, 6) is 0.0828. The third kappa shape index (κ3) is 5.59. The molecule has 0 aromatic carbocycles. The highest BCUT2D eigenvalue weighted by Crippen LogP contribution is 2.18. The van der Waals surface area contributed by atoms with Crippen molar-refractivity contribution in [2.24, 2.45) is 23.7 Å². The molecule has 0 saturated carbocycles. The second-order valence-corrected chi connectivity index (χ2v) is 6.08. The Hall–Kier alpha value is -1.10. The molecular weight excluding hydrogens is 244 g/mol. The Morgan fingerprint density at radius 2 is 2.05 bits per heavy atom. The smallest absolute Gasteiger partial charge is 0.303 e. The summed E-state index contributed by atoms with van der Waals surface area (Å²) < 4.78 is 0. The number of aliphatic carboxylic acids is 1. The summed E-state index contributed by atoms with van der Waals surface area (Å²) >= 11 is 0. The van der Waals surface area contributed by atoms with Crippen LogP contribution in [-0.4, -0.2) is 36.6 Å². The van der Waals surface area contributed by atoms with E-state index in [0.717, 1.165) is 19.5 Å². The van der Waals surface area contributed by atoms with Gasteiger partial charge in [0, 0.05) is 19.5 Å². The molecule has 0 spiro atoms. The van der Waals surface area contributed by atoms with Crippen molar-refractivity contribution in [3.63, 3.8) is 0 Å². The first-order valence-corrected chi connectivity index (χ1v) is 7.10. The summed E-state index contributed by atoms with van der Waals surface area (Å²) in [6.45, 7) is 8.27. The molecule has 110 valence electrons. The largest absolute Gasteiger partial charge is 0.481 e. The predicted octanol–water partition coefficient (Wildman–Crippen LogP) is 1.10.